The van der Waals surface area contributed by atoms with Crippen LogP contribution in [0.15, 0.2) is 0 Å². The van der Waals surface area contributed by atoms with Crippen molar-refractivity contribution in [2.45, 2.75) is 25.3 Å². The number of amides is 1. The molecule has 21 heavy (non-hydrogen) atoms. The molecule has 8 heteroatoms. The Morgan fingerprint density at radius 2 is 1.57 bits per heavy atom. The molecule has 0 bridgehead atoms. The molecule has 8 nitrogen and oxygen atoms in total. The van der Waals surface area contributed by atoms with E-state index in [0.29, 0.717) is 0 Å². The average molecular weight is 301 g/mol. The number of carbonyl (C=O) groups is 4. The van der Waals surface area contributed by atoms with Crippen molar-refractivity contribution >= 4 is 23.8 Å². The number of rotatable bonds is 7. The summed E-state index contributed by atoms with van der Waals surface area (Å²) in [7, 11) is 3.42. The molecule has 0 radical (unpaired) electrons. The lowest BCUT2D eigenvalue weighted by atomic mass is 9.95. The second-order valence-corrected chi connectivity index (χ2v) is 4.69. The molecule has 0 unspecified atom stereocenters. The molecule has 1 aliphatic rings. The Bertz CT molecular complexity index is 430. The molecule has 1 N–H and O–H groups in total. The highest BCUT2D eigenvalue weighted by molar-refractivity contribution is 5.92. The first kappa shape index (κ1) is 16.9. The van der Waals surface area contributed by atoms with E-state index >= 15 is 0 Å². The van der Waals surface area contributed by atoms with Crippen molar-refractivity contribution in [3.63, 3.8) is 0 Å². The van der Waals surface area contributed by atoms with Crippen LogP contribution >= 0.6 is 0 Å². The minimum absolute atomic E-state index is 0.159. The maximum atomic E-state index is 11.8. The number of nitrogens with one attached hydrogen (secondary N) is 1. The van der Waals surface area contributed by atoms with Crippen molar-refractivity contribution < 1.29 is 33.4 Å². The van der Waals surface area contributed by atoms with Crippen molar-refractivity contribution in [1.82, 2.24) is 5.32 Å². The van der Waals surface area contributed by atoms with Crippen LogP contribution in [-0.2, 0) is 33.4 Å². The quantitative estimate of drug-likeness (QED) is 0.494. The Labute approximate surface area is 122 Å². The van der Waals surface area contributed by atoms with Gasteiger partial charge in [-0.25, -0.2) is 4.79 Å². The summed E-state index contributed by atoms with van der Waals surface area (Å²) in [4.78, 5) is 46.8. The van der Waals surface area contributed by atoms with E-state index in [1.807, 2.05) is 0 Å². The fourth-order valence-electron chi connectivity index (χ4n) is 1.82. The van der Waals surface area contributed by atoms with Gasteiger partial charge in [0.25, 0.3) is 0 Å². The van der Waals surface area contributed by atoms with E-state index < -0.39 is 36.3 Å². The van der Waals surface area contributed by atoms with Crippen LogP contribution in [0.25, 0.3) is 0 Å². The first-order chi connectivity index (χ1) is 9.94. The van der Waals surface area contributed by atoms with Gasteiger partial charge in [0.2, 0.25) is 5.91 Å². The van der Waals surface area contributed by atoms with Gasteiger partial charge in [0.1, 0.15) is 6.04 Å². The van der Waals surface area contributed by atoms with Gasteiger partial charge in [0, 0.05) is 5.92 Å². The lowest BCUT2D eigenvalue weighted by Gasteiger charge is -2.23. The summed E-state index contributed by atoms with van der Waals surface area (Å²) in [6, 6.07) is -1.28. The zero-order chi connectivity index (χ0) is 16.0. The second-order valence-electron chi connectivity index (χ2n) is 4.69. The Hall–Kier alpha value is -2.12. The van der Waals surface area contributed by atoms with Crippen LogP contribution in [0.4, 0.5) is 0 Å². The molecule has 1 aliphatic carbocycles. The maximum Gasteiger partial charge on any atom is 0.329 e. The van der Waals surface area contributed by atoms with Gasteiger partial charge in [-0.3, -0.25) is 14.4 Å². The zero-order valence-corrected chi connectivity index (χ0v) is 12.2. The van der Waals surface area contributed by atoms with E-state index in [1.54, 1.807) is 0 Å². The molecule has 0 aromatic carbocycles. The lowest BCUT2D eigenvalue weighted by Crippen LogP contribution is -2.50. The molecule has 118 valence electrons. The number of hydrogen-bond donors (Lipinski definition) is 1. The minimum atomic E-state index is -1.28. The predicted molar refractivity (Wildman–Crippen MR) is 68.8 cm³/mol. The van der Waals surface area contributed by atoms with Crippen molar-refractivity contribution in [3.05, 3.63) is 0 Å². The highest BCUT2D eigenvalue weighted by atomic mass is 16.5. The van der Waals surface area contributed by atoms with E-state index in [9.17, 15) is 19.2 Å². The van der Waals surface area contributed by atoms with Crippen LogP contribution in [0.2, 0.25) is 0 Å². The average Bonchev–Trinajstić information content (AvgIpc) is 3.33. The fraction of sp³-hybridized carbons (Fsp3) is 0.692. The van der Waals surface area contributed by atoms with Gasteiger partial charge in [-0.2, -0.15) is 0 Å². The van der Waals surface area contributed by atoms with E-state index in [1.165, 1.54) is 0 Å². The van der Waals surface area contributed by atoms with E-state index in [4.69, 9.17) is 0 Å². The van der Waals surface area contributed by atoms with Crippen molar-refractivity contribution in [3.8, 4) is 0 Å². The first-order valence-electron chi connectivity index (χ1n) is 6.47. The molecule has 0 heterocycles. The Morgan fingerprint density at radius 3 is 2.00 bits per heavy atom. The molecule has 0 aromatic heterocycles. The molecule has 2 atom stereocenters. The van der Waals surface area contributed by atoms with Crippen LogP contribution < -0.4 is 5.32 Å². The number of carbonyl (C=O) groups excluding carboxylic acids is 4. The van der Waals surface area contributed by atoms with Crippen LogP contribution in [0.1, 0.15) is 19.3 Å². The number of ether oxygens (including phenoxy) is 3. The topological polar surface area (TPSA) is 108 Å². The van der Waals surface area contributed by atoms with Crippen LogP contribution in [0.3, 0.4) is 0 Å². The predicted octanol–water partition coefficient (Wildman–Crippen LogP) is -0.593. The number of hydrogen-bond acceptors (Lipinski definition) is 7. The molecule has 0 spiro atoms. The fourth-order valence-corrected chi connectivity index (χ4v) is 1.82. The van der Waals surface area contributed by atoms with Gasteiger partial charge in [-0.15, -0.1) is 0 Å². The summed E-state index contributed by atoms with van der Waals surface area (Å²) in [5.41, 5.74) is 0. The highest BCUT2D eigenvalue weighted by Gasteiger charge is 2.41. The monoisotopic (exact) mass is 301 g/mol. The van der Waals surface area contributed by atoms with E-state index in [-0.39, 0.29) is 11.8 Å². The third kappa shape index (κ3) is 4.73. The summed E-state index contributed by atoms with van der Waals surface area (Å²) in [6.45, 7) is 0. The Kier molecular flexibility index (Phi) is 6.13. The smallest absolute Gasteiger partial charge is 0.329 e. The molecule has 1 rings (SSSR count). The summed E-state index contributed by atoms with van der Waals surface area (Å²) in [6.07, 6.45) is 1.08. The van der Waals surface area contributed by atoms with Crippen LogP contribution in [0.5, 0.6) is 0 Å². The van der Waals surface area contributed by atoms with E-state index in [2.05, 4.69) is 19.5 Å². The van der Waals surface area contributed by atoms with Gasteiger partial charge in [-0.05, 0) is 12.8 Å². The largest absolute Gasteiger partial charge is 0.469 e. The highest BCUT2D eigenvalue weighted by Crippen LogP contribution is 2.29. The zero-order valence-electron chi connectivity index (χ0n) is 12.2. The lowest BCUT2D eigenvalue weighted by molar-refractivity contribution is -0.159. The van der Waals surface area contributed by atoms with Crippen LogP contribution in [0, 0.1) is 11.8 Å². The van der Waals surface area contributed by atoms with Gasteiger partial charge in [0.15, 0.2) is 0 Å². The first-order valence-corrected chi connectivity index (χ1v) is 6.47. The van der Waals surface area contributed by atoms with Crippen molar-refractivity contribution in [2.75, 3.05) is 21.3 Å². The van der Waals surface area contributed by atoms with Crippen molar-refractivity contribution in [2.24, 2.45) is 11.8 Å². The molecule has 0 saturated heterocycles. The van der Waals surface area contributed by atoms with Crippen LogP contribution in [-0.4, -0.2) is 51.2 Å². The number of methoxy groups -OCH3 is 3. The second kappa shape index (κ2) is 7.61. The standard InChI is InChI=1S/C13H19NO7/c1-19-9(15)6-8(12(17)20-2)10(13(18)21-3)14-11(16)7-4-5-7/h7-8,10H,4-6H2,1-3H3,(H,14,16)/t8-,10-/m1/s1. The summed E-state index contributed by atoms with van der Waals surface area (Å²) in [5, 5.41) is 2.45. The molecular formula is C13H19NO7. The summed E-state index contributed by atoms with van der Waals surface area (Å²) >= 11 is 0. The molecule has 0 aromatic rings. The van der Waals surface area contributed by atoms with Gasteiger partial charge >= 0.3 is 17.9 Å². The normalized spacial score (nSPS) is 16.3. The third-order valence-corrected chi connectivity index (χ3v) is 3.22. The maximum absolute atomic E-state index is 11.8. The SMILES string of the molecule is COC(=O)C[C@@H](C(=O)OC)[C@@H](NC(=O)C1CC1)C(=O)OC. The molecule has 1 fully saturated rings. The Morgan fingerprint density at radius 1 is 1.00 bits per heavy atom. The Balaban J connectivity index is 2.91. The third-order valence-electron chi connectivity index (χ3n) is 3.22. The molecular weight excluding hydrogens is 282 g/mol. The van der Waals surface area contributed by atoms with Crippen molar-refractivity contribution in [1.29, 1.82) is 0 Å². The minimum Gasteiger partial charge on any atom is -0.469 e. The van der Waals surface area contributed by atoms with E-state index in [0.717, 1.165) is 34.2 Å². The van der Waals surface area contributed by atoms with Gasteiger partial charge in [-0.1, -0.05) is 0 Å². The molecule has 0 aliphatic heterocycles. The summed E-state index contributed by atoms with van der Waals surface area (Å²) < 4.78 is 13.7. The molecule has 1 amide bonds. The van der Waals surface area contributed by atoms with Gasteiger partial charge < -0.3 is 19.5 Å². The molecule has 1 saturated carbocycles. The summed E-state index contributed by atoms with van der Waals surface area (Å²) in [5.74, 6) is -4.01. The number of esters is 3. The van der Waals surface area contributed by atoms with Gasteiger partial charge in [0.05, 0.1) is 33.7 Å².